The van der Waals surface area contributed by atoms with Gasteiger partial charge in [0.1, 0.15) is 5.75 Å². The van der Waals surface area contributed by atoms with E-state index in [2.05, 4.69) is 0 Å². The lowest BCUT2D eigenvalue weighted by atomic mass is 9.99. The Morgan fingerprint density at radius 1 is 1.19 bits per heavy atom. The van der Waals surface area contributed by atoms with Gasteiger partial charge in [0.25, 0.3) is 5.79 Å². The van der Waals surface area contributed by atoms with Crippen LogP contribution >= 0.6 is 0 Å². The Kier molecular flexibility index (Phi) is 1.66. The molecule has 2 aromatic rings. The summed E-state index contributed by atoms with van der Waals surface area (Å²) in [5.41, 5.74) is 0.475. The van der Waals surface area contributed by atoms with E-state index < -0.39 is 5.79 Å². The van der Waals surface area contributed by atoms with E-state index in [0.717, 1.165) is 10.8 Å². The van der Waals surface area contributed by atoms with Crippen LogP contribution in [0.3, 0.4) is 0 Å². The molecular formula is C13H10O3. The maximum atomic E-state index is 12.0. The van der Waals surface area contributed by atoms with Crippen LogP contribution < -0.4 is 4.74 Å². The van der Waals surface area contributed by atoms with Crippen LogP contribution in [0.1, 0.15) is 17.3 Å². The van der Waals surface area contributed by atoms with Crippen LogP contribution in [0.15, 0.2) is 36.4 Å². The Morgan fingerprint density at radius 3 is 2.75 bits per heavy atom. The summed E-state index contributed by atoms with van der Waals surface area (Å²) in [6, 6.07) is 11.2. The molecule has 3 rings (SSSR count). The molecule has 0 aliphatic carbocycles. The molecule has 1 aliphatic heterocycles. The molecule has 3 nitrogen and oxygen atoms in total. The molecule has 0 spiro atoms. The van der Waals surface area contributed by atoms with Crippen molar-refractivity contribution in [1.29, 1.82) is 0 Å². The summed E-state index contributed by atoms with van der Waals surface area (Å²) in [7, 11) is 0. The summed E-state index contributed by atoms with van der Waals surface area (Å²) in [5.74, 6) is -1.65. The highest BCUT2D eigenvalue weighted by molar-refractivity contribution is 6.15. The highest BCUT2D eigenvalue weighted by Gasteiger charge is 2.43. The quantitative estimate of drug-likeness (QED) is 0.730. The first-order chi connectivity index (χ1) is 7.59. The van der Waals surface area contributed by atoms with Crippen molar-refractivity contribution in [1.82, 2.24) is 0 Å². The second-order valence-corrected chi connectivity index (χ2v) is 4.07. The lowest BCUT2D eigenvalue weighted by Crippen LogP contribution is -2.35. The zero-order valence-corrected chi connectivity index (χ0v) is 8.73. The SMILES string of the molecule is CC1(O)Oc2ccc3ccccc3c2C1=O. The van der Waals surface area contributed by atoms with Gasteiger partial charge in [-0.3, -0.25) is 4.79 Å². The minimum absolute atomic E-state index is 0.376. The maximum absolute atomic E-state index is 12.0. The van der Waals surface area contributed by atoms with Gasteiger partial charge in [-0.05, 0) is 16.8 Å². The third kappa shape index (κ3) is 1.09. The molecule has 0 amide bonds. The number of ether oxygens (including phenoxy) is 1. The van der Waals surface area contributed by atoms with Crippen LogP contribution in [0.4, 0.5) is 0 Å². The summed E-state index contributed by atoms with van der Waals surface area (Å²) in [6.07, 6.45) is 0. The van der Waals surface area contributed by atoms with Crippen molar-refractivity contribution in [2.75, 3.05) is 0 Å². The van der Waals surface area contributed by atoms with E-state index in [1.54, 1.807) is 6.07 Å². The van der Waals surface area contributed by atoms with Gasteiger partial charge in [-0.15, -0.1) is 0 Å². The minimum atomic E-state index is -1.73. The summed E-state index contributed by atoms with van der Waals surface area (Å²) in [6.45, 7) is 1.37. The number of carbonyl (C=O) groups excluding carboxylic acids is 1. The first-order valence-electron chi connectivity index (χ1n) is 5.07. The van der Waals surface area contributed by atoms with Crippen LogP contribution in [-0.2, 0) is 0 Å². The molecule has 2 aromatic carbocycles. The largest absolute Gasteiger partial charge is 0.454 e. The van der Waals surface area contributed by atoms with Gasteiger partial charge in [0.05, 0.1) is 5.56 Å². The fourth-order valence-corrected chi connectivity index (χ4v) is 2.06. The second-order valence-electron chi connectivity index (χ2n) is 4.07. The first kappa shape index (κ1) is 9.36. The van der Waals surface area contributed by atoms with Crippen LogP contribution in [-0.4, -0.2) is 16.7 Å². The molecule has 0 radical (unpaired) electrons. The first-order valence-corrected chi connectivity index (χ1v) is 5.07. The van der Waals surface area contributed by atoms with E-state index in [1.807, 2.05) is 30.3 Å². The summed E-state index contributed by atoms with van der Waals surface area (Å²) >= 11 is 0. The number of rotatable bonds is 0. The number of hydrogen-bond donors (Lipinski definition) is 1. The van der Waals surface area contributed by atoms with Crippen LogP contribution in [0.25, 0.3) is 10.8 Å². The molecular weight excluding hydrogens is 204 g/mol. The average Bonchev–Trinajstić information content (AvgIpc) is 2.50. The summed E-state index contributed by atoms with van der Waals surface area (Å²) in [5, 5.41) is 11.6. The summed E-state index contributed by atoms with van der Waals surface area (Å²) < 4.78 is 5.22. The number of carbonyl (C=O) groups is 1. The Hall–Kier alpha value is -1.87. The molecule has 3 heteroatoms. The molecule has 0 aromatic heterocycles. The van der Waals surface area contributed by atoms with Crippen molar-refractivity contribution >= 4 is 16.6 Å². The third-order valence-corrected chi connectivity index (χ3v) is 2.85. The van der Waals surface area contributed by atoms with Crippen molar-refractivity contribution in [2.45, 2.75) is 12.7 Å². The van der Waals surface area contributed by atoms with Crippen LogP contribution in [0.5, 0.6) is 5.75 Å². The molecule has 1 N–H and O–H groups in total. The number of fused-ring (bicyclic) bond motifs is 3. The monoisotopic (exact) mass is 214 g/mol. The van der Waals surface area contributed by atoms with Crippen molar-refractivity contribution in [2.24, 2.45) is 0 Å². The normalized spacial score (nSPS) is 23.2. The Morgan fingerprint density at radius 2 is 1.94 bits per heavy atom. The van der Waals surface area contributed by atoms with Crippen molar-refractivity contribution < 1.29 is 14.6 Å². The van der Waals surface area contributed by atoms with Crippen LogP contribution in [0.2, 0.25) is 0 Å². The predicted octanol–water partition coefficient (Wildman–Crippen LogP) is 2.12. The second kappa shape index (κ2) is 2.83. The molecule has 1 aliphatic rings. The number of hydrogen-bond acceptors (Lipinski definition) is 3. The lowest BCUT2D eigenvalue weighted by Gasteiger charge is -2.13. The Bertz CT molecular complexity index is 599. The van der Waals surface area contributed by atoms with Gasteiger partial charge in [0, 0.05) is 6.92 Å². The molecule has 0 bridgehead atoms. The minimum Gasteiger partial charge on any atom is -0.454 e. The van der Waals surface area contributed by atoms with Crippen molar-refractivity contribution in [3.63, 3.8) is 0 Å². The maximum Gasteiger partial charge on any atom is 0.270 e. The van der Waals surface area contributed by atoms with E-state index in [9.17, 15) is 9.90 Å². The van der Waals surface area contributed by atoms with Gasteiger partial charge in [-0.25, -0.2) is 0 Å². The van der Waals surface area contributed by atoms with Gasteiger partial charge in [0.2, 0.25) is 5.78 Å². The predicted molar refractivity (Wildman–Crippen MR) is 59.5 cm³/mol. The number of Topliss-reactive ketones (excluding diaryl/α,β-unsaturated/α-hetero) is 1. The van der Waals surface area contributed by atoms with Crippen LogP contribution in [0, 0.1) is 0 Å². The van der Waals surface area contributed by atoms with Crippen molar-refractivity contribution in [3.05, 3.63) is 42.0 Å². The number of aliphatic hydroxyl groups is 1. The standard InChI is InChI=1S/C13H10O3/c1-13(15)12(14)11-9-5-3-2-4-8(9)6-7-10(11)16-13/h2-7,15H,1H3. The van der Waals surface area contributed by atoms with Gasteiger partial charge in [-0.2, -0.15) is 0 Å². The molecule has 0 saturated carbocycles. The molecule has 1 atom stereocenters. The van der Waals surface area contributed by atoms with E-state index in [0.29, 0.717) is 11.3 Å². The van der Waals surface area contributed by atoms with Gasteiger partial charge < -0.3 is 9.84 Å². The third-order valence-electron chi connectivity index (χ3n) is 2.85. The highest BCUT2D eigenvalue weighted by Crippen LogP contribution is 2.38. The fourth-order valence-electron chi connectivity index (χ4n) is 2.06. The van der Waals surface area contributed by atoms with E-state index >= 15 is 0 Å². The van der Waals surface area contributed by atoms with Crippen molar-refractivity contribution in [3.8, 4) is 5.75 Å². The Balaban J connectivity index is 2.39. The van der Waals surface area contributed by atoms with Gasteiger partial charge in [-0.1, -0.05) is 30.3 Å². The molecule has 0 saturated heterocycles. The molecule has 1 heterocycles. The lowest BCUT2D eigenvalue weighted by molar-refractivity contribution is -0.0749. The Labute approximate surface area is 92.3 Å². The molecule has 1 unspecified atom stereocenters. The molecule has 80 valence electrons. The zero-order valence-electron chi connectivity index (χ0n) is 8.73. The number of ketones is 1. The zero-order chi connectivity index (χ0) is 11.3. The fraction of sp³-hybridized carbons (Fsp3) is 0.154. The van der Waals surface area contributed by atoms with Gasteiger partial charge in [0.15, 0.2) is 0 Å². The molecule has 16 heavy (non-hydrogen) atoms. The van der Waals surface area contributed by atoms with E-state index in [1.165, 1.54) is 6.92 Å². The topological polar surface area (TPSA) is 46.5 Å². The average molecular weight is 214 g/mol. The smallest absolute Gasteiger partial charge is 0.270 e. The van der Waals surface area contributed by atoms with E-state index in [4.69, 9.17) is 4.74 Å². The highest BCUT2D eigenvalue weighted by atomic mass is 16.6. The summed E-state index contributed by atoms with van der Waals surface area (Å²) in [4.78, 5) is 12.0. The molecule has 0 fully saturated rings. The number of benzene rings is 2. The van der Waals surface area contributed by atoms with E-state index in [-0.39, 0.29) is 5.78 Å². The van der Waals surface area contributed by atoms with Gasteiger partial charge >= 0.3 is 0 Å².